The van der Waals surface area contributed by atoms with Crippen LogP contribution in [0.1, 0.15) is 39.5 Å². The number of hydrogen-bond acceptors (Lipinski definition) is 6. The predicted octanol–water partition coefficient (Wildman–Crippen LogP) is 1.52. The molecule has 0 aromatic carbocycles. The van der Waals surface area contributed by atoms with Crippen molar-refractivity contribution in [1.82, 2.24) is 21.3 Å². The summed E-state index contributed by atoms with van der Waals surface area (Å²) in [6, 6.07) is 0. The van der Waals surface area contributed by atoms with Crippen LogP contribution in [0.2, 0.25) is 0 Å². The molecule has 0 rings (SSSR count). The highest BCUT2D eigenvalue weighted by Gasteiger charge is 1.93. The third-order valence-corrected chi connectivity index (χ3v) is 3.74. The van der Waals surface area contributed by atoms with Crippen LogP contribution in [-0.2, 0) is 0 Å². The molecule has 0 aliphatic heterocycles. The fourth-order valence-corrected chi connectivity index (χ4v) is 2.35. The second-order valence-corrected chi connectivity index (χ2v) is 6.97. The quantitative estimate of drug-likeness (QED) is 0.155. The molecule has 0 fully saturated rings. The first kappa shape index (κ1) is 29.2. The predicted molar refractivity (Wildman–Crippen MR) is 127 cm³/mol. The Morgan fingerprint density at radius 3 is 1.75 bits per heavy atom. The van der Waals surface area contributed by atoms with E-state index in [2.05, 4.69) is 53.8 Å². The van der Waals surface area contributed by atoms with Gasteiger partial charge in [0, 0.05) is 6.54 Å². The molecular formula is C22H48N6. The normalized spacial score (nSPS) is 11.0. The van der Waals surface area contributed by atoms with E-state index in [1.54, 1.807) is 0 Å². The maximum Gasteiger partial charge on any atom is 0.0205 e. The maximum atomic E-state index is 5.42. The van der Waals surface area contributed by atoms with E-state index in [-0.39, 0.29) is 0 Å². The molecule has 6 heteroatoms. The maximum absolute atomic E-state index is 5.42. The zero-order valence-electron chi connectivity index (χ0n) is 18.8. The van der Waals surface area contributed by atoms with Crippen molar-refractivity contribution in [1.29, 1.82) is 0 Å². The van der Waals surface area contributed by atoms with E-state index in [0.29, 0.717) is 0 Å². The zero-order valence-corrected chi connectivity index (χ0v) is 18.8. The first-order chi connectivity index (χ1) is 13.6. The van der Waals surface area contributed by atoms with Crippen LogP contribution in [0.5, 0.6) is 0 Å². The highest BCUT2D eigenvalue weighted by Crippen LogP contribution is 2.01. The van der Waals surface area contributed by atoms with Gasteiger partial charge in [-0.2, -0.15) is 0 Å². The van der Waals surface area contributed by atoms with Gasteiger partial charge in [0.15, 0.2) is 0 Å². The number of allylic oxidation sites excluding steroid dienone is 3. The van der Waals surface area contributed by atoms with Gasteiger partial charge in [-0.25, -0.2) is 0 Å². The summed E-state index contributed by atoms with van der Waals surface area (Å²) < 4.78 is 0. The van der Waals surface area contributed by atoms with Crippen molar-refractivity contribution in [3.63, 3.8) is 0 Å². The lowest BCUT2D eigenvalue weighted by Gasteiger charge is -2.07. The lowest BCUT2D eigenvalue weighted by Crippen LogP contribution is -2.24. The summed E-state index contributed by atoms with van der Waals surface area (Å²) >= 11 is 0. The van der Waals surface area contributed by atoms with Crippen LogP contribution in [0.15, 0.2) is 36.0 Å². The summed E-state index contributed by atoms with van der Waals surface area (Å²) in [5.41, 5.74) is 13.3. The van der Waals surface area contributed by atoms with Crippen LogP contribution in [0.4, 0.5) is 0 Å². The molecule has 0 bridgehead atoms. The third-order valence-electron chi connectivity index (χ3n) is 3.74. The molecule has 0 amide bonds. The molecule has 0 radical (unpaired) electrons. The third kappa shape index (κ3) is 27.2. The molecule has 0 aromatic heterocycles. The summed E-state index contributed by atoms with van der Waals surface area (Å²) in [4.78, 5) is 0. The molecule has 0 aliphatic carbocycles. The Morgan fingerprint density at radius 2 is 1.29 bits per heavy atom. The molecule has 0 saturated heterocycles. The molecule has 28 heavy (non-hydrogen) atoms. The van der Waals surface area contributed by atoms with Crippen LogP contribution in [0, 0.1) is 0 Å². The van der Waals surface area contributed by atoms with E-state index in [1.807, 2.05) is 13.1 Å². The highest BCUT2D eigenvalue weighted by molar-refractivity contribution is 5.26. The van der Waals surface area contributed by atoms with Crippen molar-refractivity contribution >= 4 is 0 Å². The summed E-state index contributed by atoms with van der Waals surface area (Å²) in [5, 5.41) is 13.2. The van der Waals surface area contributed by atoms with Gasteiger partial charge in [0.05, 0.1) is 0 Å². The lowest BCUT2D eigenvalue weighted by atomic mass is 10.1. The van der Waals surface area contributed by atoms with Crippen LogP contribution >= 0.6 is 0 Å². The average Bonchev–Trinajstić information content (AvgIpc) is 2.67. The van der Waals surface area contributed by atoms with Gasteiger partial charge in [-0.15, -0.1) is 0 Å². The SMILES string of the molecule is C=C/C=C(\C=C(C)C)CNCCCNCCCN.CNCCCNCCCN. The minimum absolute atomic E-state index is 0.768. The van der Waals surface area contributed by atoms with E-state index in [0.717, 1.165) is 78.2 Å². The average molecular weight is 397 g/mol. The van der Waals surface area contributed by atoms with Crippen LogP contribution in [0.25, 0.3) is 0 Å². The Balaban J connectivity index is 0. The van der Waals surface area contributed by atoms with E-state index in [1.165, 1.54) is 17.6 Å². The number of hydrogen-bond donors (Lipinski definition) is 6. The molecule has 0 saturated carbocycles. The Morgan fingerprint density at radius 1 is 0.786 bits per heavy atom. The van der Waals surface area contributed by atoms with Gasteiger partial charge < -0.3 is 32.7 Å². The summed E-state index contributed by atoms with van der Waals surface area (Å²) in [7, 11) is 1.97. The molecule has 0 heterocycles. The minimum Gasteiger partial charge on any atom is -0.330 e. The lowest BCUT2D eigenvalue weighted by molar-refractivity contribution is 0.599. The molecule has 0 aliphatic rings. The monoisotopic (exact) mass is 396 g/mol. The Bertz CT molecular complexity index is 367. The van der Waals surface area contributed by atoms with Gasteiger partial charge >= 0.3 is 0 Å². The molecule has 0 spiro atoms. The smallest absolute Gasteiger partial charge is 0.0205 e. The van der Waals surface area contributed by atoms with Gasteiger partial charge in [0.25, 0.3) is 0 Å². The Labute approximate surface area is 174 Å². The van der Waals surface area contributed by atoms with Crippen molar-refractivity contribution in [3.05, 3.63) is 36.0 Å². The summed E-state index contributed by atoms with van der Waals surface area (Å²) in [6.07, 6.45) is 10.6. The van der Waals surface area contributed by atoms with Gasteiger partial charge in [-0.3, -0.25) is 0 Å². The van der Waals surface area contributed by atoms with Crippen molar-refractivity contribution in [2.45, 2.75) is 39.5 Å². The Kier molecular flexibility index (Phi) is 27.1. The largest absolute Gasteiger partial charge is 0.330 e. The van der Waals surface area contributed by atoms with Crippen molar-refractivity contribution in [3.8, 4) is 0 Å². The van der Waals surface area contributed by atoms with E-state index < -0.39 is 0 Å². The van der Waals surface area contributed by atoms with Crippen LogP contribution in [-0.4, -0.2) is 66.0 Å². The number of rotatable bonds is 18. The fourth-order valence-electron chi connectivity index (χ4n) is 2.35. The summed E-state index contributed by atoms with van der Waals surface area (Å²) in [5.74, 6) is 0. The van der Waals surface area contributed by atoms with E-state index in [4.69, 9.17) is 11.5 Å². The Hall–Kier alpha value is -1.02. The van der Waals surface area contributed by atoms with Gasteiger partial charge in [-0.05, 0) is 105 Å². The molecule has 8 N–H and O–H groups in total. The second-order valence-electron chi connectivity index (χ2n) is 6.97. The van der Waals surface area contributed by atoms with Crippen LogP contribution < -0.4 is 32.7 Å². The van der Waals surface area contributed by atoms with Crippen molar-refractivity contribution < 1.29 is 0 Å². The topological polar surface area (TPSA) is 100 Å². The number of nitrogens with two attached hydrogens (primary N) is 2. The van der Waals surface area contributed by atoms with Gasteiger partial charge in [-0.1, -0.05) is 30.4 Å². The van der Waals surface area contributed by atoms with Gasteiger partial charge in [0.1, 0.15) is 0 Å². The van der Waals surface area contributed by atoms with E-state index in [9.17, 15) is 0 Å². The first-order valence-electron chi connectivity index (χ1n) is 10.8. The fraction of sp³-hybridized carbons (Fsp3) is 0.727. The number of nitrogens with one attached hydrogen (secondary N) is 4. The molecule has 0 aromatic rings. The van der Waals surface area contributed by atoms with Crippen molar-refractivity contribution in [2.24, 2.45) is 11.5 Å². The van der Waals surface area contributed by atoms with Gasteiger partial charge in [0.2, 0.25) is 0 Å². The van der Waals surface area contributed by atoms with Crippen molar-refractivity contribution in [2.75, 3.05) is 66.0 Å². The molecular weight excluding hydrogens is 348 g/mol. The van der Waals surface area contributed by atoms with E-state index >= 15 is 0 Å². The summed E-state index contributed by atoms with van der Waals surface area (Å²) in [6.45, 7) is 16.8. The minimum atomic E-state index is 0.768. The molecule has 6 nitrogen and oxygen atoms in total. The second kappa shape index (κ2) is 26.0. The van der Waals surface area contributed by atoms with Crippen LogP contribution in [0.3, 0.4) is 0 Å². The highest BCUT2D eigenvalue weighted by atomic mass is 14.9. The zero-order chi connectivity index (χ0) is 21.3. The standard InChI is InChI=1S/C15H29N3.C7H19N3/c1-4-7-15(12-14(2)3)13-18-11-6-10-17-9-5-8-16;1-9-5-3-7-10-6-2-4-8/h4,7,12,17-18H,1,5-6,8-11,13,16H2,2-3H3;9-10H,2-8H2,1H3/b15-7+;. The molecule has 0 atom stereocenters. The molecule has 166 valence electrons. The molecule has 0 unspecified atom stereocenters. The first-order valence-corrected chi connectivity index (χ1v) is 10.8.